The fourth-order valence-corrected chi connectivity index (χ4v) is 2.46. The molecule has 0 spiro atoms. The summed E-state index contributed by atoms with van der Waals surface area (Å²) >= 11 is 0. The molecule has 0 amide bonds. The van der Waals surface area contributed by atoms with Crippen LogP contribution in [0.3, 0.4) is 0 Å². The topological polar surface area (TPSA) is 104 Å². The van der Waals surface area contributed by atoms with Gasteiger partial charge in [-0.3, -0.25) is 24.5 Å². The molecule has 0 heterocycles. The van der Waals surface area contributed by atoms with Crippen LogP contribution in [0.25, 0.3) is 0 Å². The van der Waals surface area contributed by atoms with Gasteiger partial charge in [0.2, 0.25) is 0 Å². The Balaban J connectivity index is 3.40. The van der Waals surface area contributed by atoms with Crippen LogP contribution in [-0.2, 0) is 19.1 Å². The molecular formula is C17H21NO6. The quantitative estimate of drug-likeness (QED) is 0.313. The van der Waals surface area contributed by atoms with Crippen molar-refractivity contribution in [3.05, 3.63) is 39.9 Å². The number of nitro benzene ring substituents is 1. The predicted octanol–water partition coefficient (Wildman–Crippen LogP) is 2.81. The van der Waals surface area contributed by atoms with E-state index in [-0.39, 0.29) is 23.5 Å². The number of benzene rings is 1. The number of carbonyl (C=O) groups excluding carboxylic acids is 3. The molecule has 1 aromatic carbocycles. The Bertz CT molecular complexity index is 652. The average molecular weight is 335 g/mol. The summed E-state index contributed by atoms with van der Waals surface area (Å²) in [6.07, 6.45) is -0.353. The molecule has 0 saturated carbocycles. The first kappa shape index (κ1) is 19.5. The van der Waals surface area contributed by atoms with E-state index in [1.807, 2.05) is 0 Å². The van der Waals surface area contributed by atoms with Crippen molar-refractivity contribution in [3.63, 3.8) is 0 Å². The normalized spacial score (nSPS) is 13.2. The number of non-ortho nitro benzene ring substituents is 1. The van der Waals surface area contributed by atoms with Crippen molar-refractivity contribution in [1.29, 1.82) is 0 Å². The highest BCUT2D eigenvalue weighted by Crippen LogP contribution is 2.31. The minimum atomic E-state index is -1.32. The van der Waals surface area contributed by atoms with E-state index in [1.54, 1.807) is 20.8 Å². The molecule has 130 valence electrons. The van der Waals surface area contributed by atoms with Crippen molar-refractivity contribution in [2.24, 2.45) is 5.92 Å². The molecule has 0 saturated heterocycles. The summed E-state index contributed by atoms with van der Waals surface area (Å²) in [5.74, 6) is -4.08. The molecule has 7 nitrogen and oxygen atoms in total. The highest BCUT2D eigenvalue weighted by Gasteiger charge is 2.39. The van der Waals surface area contributed by atoms with Crippen LogP contribution >= 0.6 is 0 Å². The second-order valence-electron chi connectivity index (χ2n) is 5.72. The van der Waals surface area contributed by atoms with Gasteiger partial charge in [-0.25, -0.2) is 0 Å². The van der Waals surface area contributed by atoms with Crippen LogP contribution in [0.5, 0.6) is 0 Å². The monoisotopic (exact) mass is 335 g/mol. The van der Waals surface area contributed by atoms with Gasteiger partial charge in [-0.05, 0) is 26.3 Å². The van der Waals surface area contributed by atoms with E-state index >= 15 is 0 Å². The minimum absolute atomic E-state index is 0.0894. The average Bonchev–Trinajstić information content (AvgIpc) is 2.50. The molecular weight excluding hydrogens is 314 g/mol. The molecule has 0 radical (unpaired) electrons. The van der Waals surface area contributed by atoms with E-state index in [0.717, 1.165) is 0 Å². The molecule has 1 rings (SSSR count). The molecule has 0 aliphatic heterocycles. The van der Waals surface area contributed by atoms with Crippen LogP contribution in [0.2, 0.25) is 0 Å². The summed E-state index contributed by atoms with van der Waals surface area (Å²) < 4.78 is 5.10. The lowest BCUT2D eigenvalue weighted by Gasteiger charge is -2.23. The van der Waals surface area contributed by atoms with Gasteiger partial charge in [0.15, 0.2) is 0 Å². The van der Waals surface area contributed by atoms with E-state index in [0.29, 0.717) is 0 Å². The molecule has 0 aliphatic carbocycles. The third-order valence-electron chi connectivity index (χ3n) is 3.51. The zero-order valence-electron chi connectivity index (χ0n) is 14.1. The first-order valence-electron chi connectivity index (χ1n) is 7.67. The number of ether oxygens (including phenoxy) is 1. The van der Waals surface area contributed by atoms with Gasteiger partial charge >= 0.3 is 5.97 Å². The van der Waals surface area contributed by atoms with Crippen LogP contribution in [0.4, 0.5) is 5.69 Å². The second kappa shape index (κ2) is 8.33. The second-order valence-corrected chi connectivity index (χ2v) is 5.72. The lowest BCUT2D eigenvalue weighted by molar-refractivity contribution is -0.384. The molecule has 7 heteroatoms. The zero-order valence-corrected chi connectivity index (χ0v) is 14.1. The number of Topliss-reactive ketones (excluding diaryl/α,β-unsaturated/α-hetero) is 2. The highest BCUT2D eigenvalue weighted by molar-refractivity contribution is 6.04. The predicted molar refractivity (Wildman–Crippen MR) is 86.5 cm³/mol. The molecule has 2 unspecified atom stereocenters. The number of nitrogens with zero attached hydrogens (tertiary/aromatic N) is 1. The lowest BCUT2D eigenvalue weighted by Crippen LogP contribution is -2.35. The minimum Gasteiger partial charge on any atom is -0.462 e. The molecule has 0 bridgehead atoms. The van der Waals surface area contributed by atoms with Crippen LogP contribution in [-0.4, -0.2) is 28.6 Å². The van der Waals surface area contributed by atoms with Gasteiger partial charge in [0.25, 0.3) is 5.69 Å². The largest absolute Gasteiger partial charge is 0.462 e. The maximum absolute atomic E-state index is 12.4. The molecule has 0 N–H and O–H groups in total. The number of ketones is 2. The smallest absolute Gasteiger partial charge is 0.317 e. The van der Waals surface area contributed by atoms with E-state index in [4.69, 9.17) is 4.74 Å². The highest BCUT2D eigenvalue weighted by atomic mass is 16.6. The van der Waals surface area contributed by atoms with Crippen LogP contribution in [0, 0.1) is 16.0 Å². The van der Waals surface area contributed by atoms with Crippen molar-refractivity contribution >= 4 is 23.2 Å². The Kier molecular flexibility index (Phi) is 6.76. The summed E-state index contributed by atoms with van der Waals surface area (Å²) in [4.78, 5) is 47.1. The van der Waals surface area contributed by atoms with Crippen molar-refractivity contribution in [1.82, 2.24) is 0 Å². The van der Waals surface area contributed by atoms with Gasteiger partial charge in [0, 0.05) is 18.6 Å². The summed E-state index contributed by atoms with van der Waals surface area (Å²) in [5, 5.41) is 11.0. The first-order valence-corrected chi connectivity index (χ1v) is 7.67. The van der Waals surface area contributed by atoms with E-state index < -0.39 is 34.6 Å². The zero-order chi connectivity index (χ0) is 18.4. The third kappa shape index (κ3) is 4.71. The van der Waals surface area contributed by atoms with Gasteiger partial charge in [-0.2, -0.15) is 0 Å². The number of esters is 1. The van der Waals surface area contributed by atoms with Crippen molar-refractivity contribution < 1.29 is 24.0 Å². The van der Waals surface area contributed by atoms with Gasteiger partial charge in [-0.15, -0.1) is 0 Å². The summed E-state index contributed by atoms with van der Waals surface area (Å²) in [6.45, 7) is 6.09. The Morgan fingerprint density at radius 3 is 2.33 bits per heavy atom. The van der Waals surface area contributed by atoms with Crippen molar-refractivity contribution in [2.45, 2.75) is 46.1 Å². The van der Waals surface area contributed by atoms with Crippen LogP contribution < -0.4 is 0 Å². The number of hydrogen-bond acceptors (Lipinski definition) is 6. The van der Waals surface area contributed by atoms with Gasteiger partial charge in [0.1, 0.15) is 17.5 Å². The van der Waals surface area contributed by atoms with Gasteiger partial charge in [0.05, 0.1) is 16.9 Å². The molecule has 24 heavy (non-hydrogen) atoms. The Hall–Kier alpha value is -2.57. The van der Waals surface area contributed by atoms with E-state index in [2.05, 4.69) is 0 Å². The Morgan fingerprint density at radius 2 is 1.88 bits per heavy atom. The maximum atomic E-state index is 12.4. The van der Waals surface area contributed by atoms with Crippen molar-refractivity contribution in [3.8, 4) is 0 Å². The molecule has 2 atom stereocenters. The number of nitro groups is 1. The fraction of sp³-hybridized carbons (Fsp3) is 0.471. The standard InChI is InChI=1S/C17H21NO6/c1-5-14(20)16(12-7-6-8-13(9-12)18(22)23)15(11(4)19)17(21)24-10(2)3/h6-10,15-16H,5H2,1-4H3. The van der Waals surface area contributed by atoms with E-state index in [9.17, 15) is 24.5 Å². The SMILES string of the molecule is CCC(=O)C(c1cccc([N+](=O)[O-])c1)C(C(C)=O)C(=O)OC(C)C. The summed E-state index contributed by atoms with van der Waals surface area (Å²) in [5.41, 5.74) is 0.0536. The molecule has 0 aliphatic rings. The third-order valence-corrected chi connectivity index (χ3v) is 3.51. The lowest BCUT2D eigenvalue weighted by atomic mass is 9.79. The number of hydrogen-bond donors (Lipinski definition) is 0. The van der Waals surface area contributed by atoms with Crippen LogP contribution in [0.15, 0.2) is 24.3 Å². The first-order chi connectivity index (χ1) is 11.2. The number of rotatable bonds is 8. The summed E-state index contributed by atoms with van der Waals surface area (Å²) in [6, 6.07) is 5.43. The molecule has 1 aromatic rings. The molecule has 0 fully saturated rings. The van der Waals surface area contributed by atoms with Gasteiger partial charge in [-0.1, -0.05) is 19.1 Å². The Morgan fingerprint density at radius 1 is 1.25 bits per heavy atom. The fourth-order valence-electron chi connectivity index (χ4n) is 2.46. The maximum Gasteiger partial charge on any atom is 0.317 e. The Labute approximate surface area is 140 Å². The summed E-state index contributed by atoms with van der Waals surface area (Å²) in [7, 11) is 0. The van der Waals surface area contributed by atoms with E-state index in [1.165, 1.54) is 31.2 Å². The molecule has 0 aromatic heterocycles. The van der Waals surface area contributed by atoms with Crippen molar-refractivity contribution in [2.75, 3.05) is 0 Å². The number of carbonyl (C=O) groups is 3. The van der Waals surface area contributed by atoms with Crippen LogP contribution in [0.1, 0.15) is 45.6 Å². The van der Waals surface area contributed by atoms with Gasteiger partial charge < -0.3 is 4.74 Å².